The fraction of sp³-hybridized carbons (Fsp3) is 0.444. The first-order valence-corrected chi connectivity index (χ1v) is 5.23. The normalized spacial score (nSPS) is 16.2. The van der Waals surface area contributed by atoms with E-state index in [0.29, 0.717) is 13.1 Å². The van der Waals surface area contributed by atoms with Crippen LogP contribution in [0.3, 0.4) is 0 Å². The molecule has 0 bridgehead atoms. The molecule has 0 saturated heterocycles. The Bertz CT molecular complexity index is 364. The molecule has 1 aliphatic rings. The van der Waals surface area contributed by atoms with Gasteiger partial charge in [0.2, 0.25) is 0 Å². The largest absolute Gasteiger partial charge is 0.465 e. The zero-order valence-electron chi connectivity index (χ0n) is 7.49. The Morgan fingerprint density at radius 3 is 3.14 bits per heavy atom. The number of carbonyl (C=O) groups is 1. The number of hydrogen-bond acceptors (Lipinski definition) is 2. The van der Waals surface area contributed by atoms with Crippen molar-refractivity contribution in [1.29, 1.82) is 0 Å². The Kier molecular flexibility index (Phi) is 2.41. The summed E-state index contributed by atoms with van der Waals surface area (Å²) in [7, 11) is 0. The van der Waals surface area contributed by atoms with Gasteiger partial charge in [-0.2, -0.15) is 4.39 Å². The number of hydrogen-bond donors (Lipinski definition) is 1. The molecule has 0 aromatic carbocycles. The highest BCUT2D eigenvalue weighted by Crippen LogP contribution is 2.26. The van der Waals surface area contributed by atoms with E-state index in [2.05, 4.69) is 0 Å². The second-order valence-electron chi connectivity index (χ2n) is 3.31. The molecule has 0 fully saturated rings. The van der Waals surface area contributed by atoms with E-state index in [-0.39, 0.29) is 5.13 Å². The lowest BCUT2D eigenvalue weighted by Gasteiger charge is -2.15. The quantitative estimate of drug-likeness (QED) is 0.721. The lowest BCUT2D eigenvalue weighted by atomic mass is 10.2. The molecule has 5 heteroatoms. The molecule has 1 aromatic heterocycles. The maximum Gasteiger partial charge on any atom is 0.407 e. The van der Waals surface area contributed by atoms with E-state index in [1.807, 2.05) is 0 Å². The fourth-order valence-electron chi connectivity index (χ4n) is 1.65. The van der Waals surface area contributed by atoms with Crippen LogP contribution in [-0.2, 0) is 13.0 Å². The van der Waals surface area contributed by atoms with Crippen LogP contribution in [0.2, 0.25) is 0 Å². The number of thiophene rings is 1. The minimum atomic E-state index is -0.924. The van der Waals surface area contributed by atoms with Crippen molar-refractivity contribution in [2.75, 3.05) is 6.54 Å². The zero-order chi connectivity index (χ0) is 10.1. The molecule has 2 heterocycles. The van der Waals surface area contributed by atoms with Gasteiger partial charge in [0, 0.05) is 11.4 Å². The summed E-state index contributed by atoms with van der Waals surface area (Å²) in [4.78, 5) is 12.9. The highest BCUT2D eigenvalue weighted by atomic mass is 32.1. The topological polar surface area (TPSA) is 40.5 Å². The molecule has 14 heavy (non-hydrogen) atoms. The Morgan fingerprint density at radius 1 is 1.64 bits per heavy atom. The van der Waals surface area contributed by atoms with Crippen LogP contribution in [0, 0.1) is 5.13 Å². The van der Waals surface area contributed by atoms with E-state index in [1.54, 1.807) is 0 Å². The van der Waals surface area contributed by atoms with E-state index in [4.69, 9.17) is 5.11 Å². The summed E-state index contributed by atoms with van der Waals surface area (Å²) in [5, 5.41) is 8.61. The van der Waals surface area contributed by atoms with Crippen molar-refractivity contribution in [2.45, 2.75) is 19.4 Å². The number of aryl methyl sites for hydroxylation is 1. The van der Waals surface area contributed by atoms with Crippen LogP contribution < -0.4 is 0 Å². The van der Waals surface area contributed by atoms with Gasteiger partial charge >= 0.3 is 6.09 Å². The Labute approximate surface area is 84.8 Å². The molecule has 76 valence electrons. The maximum atomic E-state index is 12.9. The molecule has 0 spiro atoms. The lowest BCUT2D eigenvalue weighted by molar-refractivity contribution is 0.143. The zero-order valence-corrected chi connectivity index (χ0v) is 8.31. The van der Waals surface area contributed by atoms with E-state index in [9.17, 15) is 9.18 Å². The Hall–Kier alpha value is -1.10. The smallest absolute Gasteiger partial charge is 0.407 e. The van der Waals surface area contributed by atoms with E-state index < -0.39 is 6.09 Å². The molecule has 1 amide bonds. The van der Waals surface area contributed by atoms with Crippen molar-refractivity contribution in [2.24, 2.45) is 0 Å². The Balaban J connectivity index is 2.25. The first kappa shape index (κ1) is 9.45. The van der Waals surface area contributed by atoms with Crippen LogP contribution in [-0.4, -0.2) is 22.6 Å². The van der Waals surface area contributed by atoms with E-state index in [0.717, 1.165) is 34.6 Å². The molecule has 0 saturated carbocycles. The summed E-state index contributed by atoms with van der Waals surface area (Å²) in [6, 6.07) is 1.52. The number of halogens is 1. The molecule has 0 unspecified atom stereocenters. The van der Waals surface area contributed by atoms with Crippen molar-refractivity contribution >= 4 is 17.4 Å². The third kappa shape index (κ3) is 1.72. The first-order chi connectivity index (χ1) is 6.66. The van der Waals surface area contributed by atoms with Gasteiger partial charge in [-0.25, -0.2) is 4.79 Å². The van der Waals surface area contributed by atoms with Gasteiger partial charge in [0.05, 0.1) is 6.54 Å². The fourth-order valence-corrected chi connectivity index (χ4v) is 2.60. The molecular weight excluding hydrogens is 205 g/mol. The number of carboxylic acid groups (broad SMARTS) is 1. The van der Waals surface area contributed by atoms with Crippen molar-refractivity contribution in [3.8, 4) is 0 Å². The van der Waals surface area contributed by atoms with E-state index in [1.165, 1.54) is 11.0 Å². The third-order valence-electron chi connectivity index (χ3n) is 2.35. The highest BCUT2D eigenvalue weighted by Gasteiger charge is 2.20. The summed E-state index contributed by atoms with van der Waals surface area (Å²) in [6.45, 7) is 0.873. The second-order valence-corrected chi connectivity index (χ2v) is 4.39. The molecule has 0 radical (unpaired) electrons. The van der Waals surface area contributed by atoms with Gasteiger partial charge in [-0.3, -0.25) is 0 Å². The van der Waals surface area contributed by atoms with Gasteiger partial charge in [-0.15, -0.1) is 11.3 Å². The number of fused-ring (bicyclic) bond motifs is 1. The summed E-state index contributed by atoms with van der Waals surface area (Å²) >= 11 is 1.05. The van der Waals surface area contributed by atoms with Crippen LogP contribution in [0.4, 0.5) is 9.18 Å². The summed E-state index contributed by atoms with van der Waals surface area (Å²) < 4.78 is 12.9. The van der Waals surface area contributed by atoms with Gasteiger partial charge in [0.25, 0.3) is 0 Å². The van der Waals surface area contributed by atoms with Gasteiger partial charge < -0.3 is 10.0 Å². The molecule has 1 aliphatic heterocycles. The summed E-state index contributed by atoms with van der Waals surface area (Å²) in [6.07, 6.45) is 0.626. The molecule has 1 aromatic rings. The van der Waals surface area contributed by atoms with Crippen molar-refractivity contribution in [3.05, 3.63) is 21.6 Å². The molecule has 0 atom stereocenters. The van der Waals surface area contributed by atoms with Crippen molar-refractivity contribution in [1.82, 2.24) is 4.90 Å². The van der Waals surface area contributed by atoms with Crippen molar-refractivity contribution < 1.29 is 14.3 Å². The first-order valence-electron chi connectivity index (χ1n) is 4.42. The molecular formula is C9H10FNO2S. The summed E-state index contributed by atoms with van der Waals surface area (Å²) in [5.41, 5.74) is 0.969. The predicted octanol–water partition coefficient (Wildman–Crippen LogP) is 2.31. The van der Waals surface area contributed by atoms with Crippen LogP contribution in [0.1, 0.15) is 16.9 Å². The SMILES string of the molecule is O=C(O)N1CCCc2cc(F)sc2C1. The highest BCUT2D eigenvalue weighted by molar-refractivity contribution is 7.10. The molecule has 3 nitrogen and oxygen atoms in total. The van der Waals surface area contributed by atoms with Crippen molar-refractivity contribution in [3.63, 3.8) is 0 Å². The maximum absolute atomic E-state index is 12.9. The average molecular weight is 215 g/mol. The number of rotatable bonds is 0. The van der Waals surface area contributed by atoms with Crippen LogP contribution in [0.15, 0.2) is 6.07 Å². The summed E-state index contributed by atoms with van der Waals surface area (Å²) in [5.74, 6) is 0. The van der Waals surface area contributed by atoms with Crippen LogP contribution in [0.5, 0.6) is 0 Å². The number of nitrogens with zero attached hydrogens (tertiary/aromatic N) is 1. The molecule has 0 aliphatic carbocycles. The Morgan fingerprint density at radius 2 is 2.43 bits per heavy atom. The molecule has 2 rings (SSSR count). The van der Waals surface area contributed by atoms with E-state index >= 15 is 0 Å². The monoisotopic (exact) mass is 215 g/mol. The standard InChI is InChI=1S/C9H10FNO2S/c10-8-4-6-2-1-3-11(9(12)13)5-7(6)14-8/h4H,1-3,5H2,(H,12,13). The van der Waals surface area contributed by atoms with Gasteiger partial charge in [0.15, 0.2) is 5.13 Å². The minimum absolute atomic E-state index is 0.220. The third-order valence-corrected chi connectivity index (χ3v) is 3.30. The number of amides is 1. The predicted molar refractivity (Wildman–Crippen MR) is 51.0 cm³/mol. The minimum Gasteiger partial charge on any atom is -0.465 e. The van der Waals surface area contributed by atoms with Gasteiger partial charge in [-0.05, 0) is 24.5 Å². The second kappa shape index (κ2) is 3.57. The van der Waals surface area contributed by atoms with Gasteiger partial charge in [-0.1, -0.05) is 0 Å². The van der Waals surface area contributed by atoms with Crippen LogP contribution >= 0.6 is 11.3 Å². The van der Waals surface area contributed by atoms with Crippen LogP contribution in [0.25, 0.3) is 0 Å². The lowest BCUT2D eigenvalue weighted by Crippen LogP contribution is -2.28. The molecule has 1 N–H and O–H groups in total. The van der Waals surface area contributed by atoms with Gasteiger partial charge in [0.1, 0.15) is 0 Å². The average Bonchev–Trinajstić information content (AvgIpc) is 2.32.